The monoisotopic (exact) mass is 277 g/mol. The van der Waals surface area contributed by atoms with Gasteiger partial charge in [-0.1, -0.05) is 31.9 Å². The maximum absolute atomic E-state index is 11.2. The van der Waals surface area contributed by atoms with Gasteiger partial charge in [-0.3, -0.25) is 0 Å². The zero-order valence-corrected chi connectivity index (χ0v) is 12.9. The molecule has 0 heterocycles. The van der Waals surface area contributed by atoms with Gasteiger partial charge < -0.3 is 15.6 Å². The van der Waals surface area contributed by atoms with E-state index in [0.717, 1.165) is 42.9 Å². The van der Waals surface area contributed by atoms with E-state index in [1.54, 1.807) is 7.11 Å². The average molecular weight is 277 g/mol. The molecule has 20 heavy (non-hydrogen) atoms. The van der Waals surface area contributed by atoms with Crippen molar-refractivity contribution in [3.63, 3.8) is 0 Å². The fraction of sp³-hybridized carbons (Fsp3) is 0.647. The first-order chi connectivity index (χ1) is 9.45. The second kappa shape index (κ2) is 5.74. The van der Waals surface area contributed by atoms with Crippen molar-refractivity contribution in [1.29, 1.82) is 0 Å². The molecule has 1 fully saturated rings. The molecule has 0 aliphatic heterocycles. The molecule has 1 atom stereocenters. The summed E-state index contributed by atoms with van der Waals surface area (Å²) in [6, 6.07) is 7.73. The summed E-state index contributed by atoms with van der Waals surface area (Å²) in [7, 11) is 1.65. The lowest BCUT2D eigenvalue weighted by Gasteiger charge is -2.49. The first kappa shape index (κ1) is 15.3. The zero-order chi connectivity index (χ0) is 14.8. The van der Waals surface area contributed by atoms with Crippen molar-refractivity contribution < 1.29 is 9.84 Å². The van der Waals surface area contributed by atoms with Gasteiger partial charge in [0, 0.05) is 12.0 Å². The summed E-state index contributed by atoms with van der Waals surface area (Å²) in [6.45, 7) is 4.70. The van der Waals surface area contributed by atoms with E-state index >= 15 is 0 Å². The van der Waals surface area contributed by atoms with Crippen molar-refractivity contribution in [2.45, 2.75) is 45.1 Å². The van der Waals surface area contributed by atoms with Gasteiger partial charge in [-0.2, -0.15) is 0 Å². The molecule has 3 N–H and O–H groups in total. The molecule has 1 unspecified atom stereocenters. The lowest BCUT2D eigenvalue weighted by Crippen LogP contribution is -2.50. The Kier molecular flexibility index (Phi) is 4.40. The molecule has 0 aromatic heterocycles. The number of methoxy groups -OCH3 is 1. The van der Waals surface area contributed by atoms with E-state index in [-0.39, 0.29) is 5.41 Å². The molecule has 1 aromatic carbocycles. The summed E-state index contributed by atoms with van der Waals surface area (Å²) in [6.07, 6.45) is 4.23. The van der Waals surface area contributed by atoms with Crippen molar-refractivity contribution in [2.24, 2.45) is 17.1 Å². The summed E-state index contributed by atoms with van der Waals surface area (Å²) < 4.78 is 5.28. The number of nitrogens with two attached hydrogens (primary N) is 1. The highest BCUT2D eigenvalue weighted by molar-refractivity contribution is 5.33. The molecule has 3 heteroatoms. The third kappa shape index (κ3) is 2.57. The molecule has 1 aliphatic carbocycles. The van der Waals surface area contributed by atoms with E-state index in [4.69, 9.17) is 10.5 Å². The van der Waals surface area contributed by atoms with Crippen LogP contribution in [0, 0.1) is 11.3 Å². The van der Waals surface area contributed by atoms with E-state index in [9.17, 15) is 5.11 Å². The van der Waals surface area contributed by atoms with Crippen LogP contribution >= 0.6 is 0 Å². The molecule has 0 saturated heterocycles. The van der Waals surface area contributed by atoms with Crippen LogP contribution < -0.4 is 10.5 Å². The predicted molar refractivity (Wildman–Crippen MR) is 81.7 cm³/mol. The highest BCUT2D eigenvalue weighted by Gasteiger charge is 2.48. The topological polar surface area (TPSA) is 55.5 Å². The lowest BCUT2D eigenvalue weighted by atomic mass is 9.60. The molecule has 0 amide bonds. The van der Waals surface area contributed by atoms with Gasteiger partial charge in [-0.15, -0.1) is 0 Å². The van der Waals surface area contributed by atoms with E-state index in [1.807, 2.05) is 31.2 Å². The molecule has 3 nitrogen and oxygen atoms in total. The number of rotatable bonds is 4. The summed E-state index contributed by atoms with van der Waals surface area (Å²) >= 11 is 0. The van der Waals surface area contributed by atoms with Crippen LogP contribution in [0.15, 0.2) is 24.3 Å². The Bertz CT molecular complexity index is 448. The van der Waals surface area contributed by atoms with E-state index in [1.165, 1.54) is 0 Å². The minimum Gasteiger partial charge on any atom is -0.497 e. The Hall–Kier alpha value is -1.06. The number of benzene rings is 1. The quantitative estimate of drug-likeness (QED) is 0.889. The van der Waals surface area contributed by atoms with Gasteiger partial charge in [-0.05, 0) is 43.4 Å². The predicted octanol–water partition coefficient (Wildman–Crippen LogP) is 3.06. The van der Waals surface area contributed by atoms with Crippen molar-refractivity contribution in [1.82, 2.24) is 0 Å². The van der Waals surface area contributed by atoms with E-state index in [2.05, 4.69) is 6.92 Å². The zero-order valence-electron chi connectivity index (χ0n) is 12.9. The maximum atomic E-state index is 11.2. The van der Waals surface area contributed by atoms with Crippen LogP contribution in [0.3, 0.4) is 0 Å². The molecular formula is C17H27NO2. The van der Waals surface area contributed by atoms with Crippen molar-refractivity contribution in [3.8, 4) is 5.75 Å². The van der Waals surface area contributed by atoms with Crippen LogP contribution in [0.4, 0.5) is 0 Å². The standard InChI is InChI=1S/C17H27NO2/c1-13-7-9-17(12-18,10-8-13)16(2,19)14-5-4-6-15(11-14)20-3/h4-6,11,13,19H,7-10,12,18H2,1-3H3. The SMILES string of the molecule is COc1cccc(C(C)(O)C2(CN)CCC(C)CC2)c1. The summed E-state index contributed by atoms with van der Waals surface area (Å²) in [5.74, 6) is 1.51. The fourth-order valence-corrected chi connectivity index (χ4v) is 3.44. The molecule has 112 valence electrons. The first-order valence-corrected chi connectivity index (χ1v) is 7.52. The van der Waals surface area contributed by atoms with Crippen LogP contribution in [0.5, 0.6) is 5.75 Å². The molecule has 0 radical (unpaired) electrons. The smallest absolute Gasteiger partial charge is 0.119 e. The van der Waals surface area contributed by atoms with Crippen LogP contribution in [0.25, 0.3) is 0 Å². The fourth-order valence-electron chi connectivity index (χ4n) is 3.44. The van der Waals surface area contributed by atoms with Gasteiger partial charge in [0.25, 0.3) is 0 Å². The number of hydrogen-bond acceptors (Lipinski definition) is 3. The number of ether oxygens (including phenoxy) is 1. The Morgan fingerprint density at radius 3 is 2.60 bits per heavy atom. The largest absolute Gasteiger partial charge is 0.497 e. The summed E-state index contributed by atoms with van der Waals surface area (Å²) in [5, 5.41) is 11.2. The highest BCUT2D eigenvalue weighted by atomic mass is 16.5. The molecule has 1 aromatic rings. The van der Waals surface area contributed by atoms with Crippen LogP contribution in [0.2, 0.25) is 0 Å². The van der Waals surface area contributed by atoms with E-state index < -0.39 is 5.60 Å². The molecule has 0 bridgehead atoms. The normalized spacial score (nSPS) is 29.8. The van der Waals surface area contributed by atoms with Gasteiger partial charge in [0.2, 0.25) is 0 Å². The third-order valence-electron chi connectivity index (χ3n) is 5.29. The maximum Gasteiger partial charge on any atom is 0.119 e. The van der Waals surface area contributed by atoms with Crippen LogP contribution in [-0.2, 0) is 5.60 Å². The molecule has 1 saturated carbocycles. The Morgan fingerprint density at radius 2 is 2.05 bits per heavy atom. The van der Waals surface area contributed by atoms with Gasteiger partial charge in [-0.25, -0.2) is 0 Å². The average Bonchev–Trinajstić information content (AvgIpc) is 2.48. The highest BCUT2D eigenvalue weighted by Crippen LogP contribution is 2.50. The molecule has 0 spiro atoms. The van der Waals surface area contributed by atoms with E-state index in [0.29, 0.717) is 6.54 Å². The Morgan fingerprint density at radius 1 is 1.40 bits per heavy atom. The molecule has 2 rings (SSSR count). The number of aliphatic hydroxyl groups is 1. The third-order valence-corrected chi connectivity index (χ3v) is 5.29. The minimum absolute atomic E-state index is 0.230. The van der Waals surface area contributed by atoms with Crippen LogP contribution in [-0.4, -0.2) is 18.8 Å². The van der Waals surface area contributed by atoms with Crippen LogP contribution in [0.1, 0.15) is 45.1 Å². The minimum atomic E-state index is -0.920. The second-order valence-corrected chi connectivity index (χ2v) is 6.47. The van der Waals surface area contributed by atoms with Crippen molar-refractivity contribution >= 4 is 0 Å². The van der Waals surface area contributed by atoms with Gasteiger partial charge >= 0.3 is 0 Å². The lowest BCUT2D eigenvalue weighted by molar-refractivity contribution is -0.0971. The Balaban J connectivity index is 2.35. The summed E-state index contributed by atoms with van der Waals surface area (Å²) in [4.78, 5) is 0. The van der Waals surface area contributed by atoms with Gasteiger partial charge in [0.1, 0.15) is 5.75 Å². The first-order valence-electron chi connectivity index (χ1n) is 7.52. The van der Waals surface area contributed by atoms with Crippen molar-refractivity contribution in [2.75, 3.05) is 13.7 Å². The second-order valence-electron chi connectivity index (χ2n) is 6.47. The molecule has 1 aliphatic rings. The van der Waals surface area contributed by atoms with Crippen molar-refractivity contribution in [3.05, 3.63) is 29.8 Å². The molecular weight excluding hydrogens is 250 g/mol. The summed E-state index contributed by atoms with van der Waals surface area (Å²) in [5.41, 5.74) is 5.84. The van der Waals surface area contributed by atoms with Gasteiger partial charge in [0.05, 0.1) is 12.7 Å². The number of hydrogen-bond donors (Lipinski definition) is 2. The van der Waals surface area contributed by atoms with Gasteiger partial charge in [0.15, 0.2) is 0 Å². The Labute approximate surface area is 122 Å².